The van der Waals surface area contributed by atoms with Crippen LogP contribution in [0.3, 0.4) is 0 Å². The maximum Gasteiger partial charge on any atom is 0.330 e. The van der Waals surface area contributed by atoms with Crippen LogP contribution in [0, 0.1) is 11.3 Å². The minimum Gasteiger partial charge on any atom is -0.367 e. The number of rotatable bonds is 9. The van der Waals surface area contributed by atoms with E-state index in [9.17, 15) is 9.59 Å². The summed E-state index contributed by atoms with van der Waals surface area (Å²) in [5, 5.41) is 8.95. The number of H-pyrrole nitrogens is 1. The van der Waals surface area contributed by atoms with E-state index in [2.05, 4.69) is 15.7 Å². The molecule has 0 aromatic carbocycles. The lowest BCUT2D eigenvalue weighted by Crippen LogP contribution is -2.50. The second-order valence-electron chi connectivity index (χ2n) is 8.50. The zero-order chi connectivity index (χ0) is 23.7. The van der Waals surface area contributed by atoms with Gasteiger partial charge in [0.2, 0.25) is 0 Å². The summed E-state index contributed by atoms with van der Waals surface area (Å²) in [6, 6.07) is 3.50. The molecule has 0 spiro atoms. The van der Waals surface area contributed by atoms with Gasteiger partial charge >= 0.3 is 5.69 Å². The van der Waals surface area contributed by atoms with Gasteiger partial charge in [-0.25, -0.2) is 9.46 Å². The molecule has 0 amide bonds. The van der Waals surface area contributed by atoms with Gasteiger partial charge in [0.05, 0.1) is 25.7 Å². The van der Waals surface area contributed by atoms with Gasteiger partial charge in [0.15, 0.2) is 6.23 Å². The van der Waals surface area contributed by atoms with Crippen LogP contribution in [0.2, 0.25) is 0 Å². The van der Waals surface area contributed by atoms with Crippen LogP contribution in [0.5, 0.6) is 0 Å². The van der Waals surface area contributed by atoms with Crippen molar-refractivity contribution in [1.29, 1.82) is 5.26 Å². The fourth-order valence-corrected chi connectivity index (χ4v) is 5.87. The monoisotopic (exact) mass is 455 g/mol. The van der Waals surface area contributed by atoms with Crippen LogP contribution in [0.25, 0.3) is 0 Å². The van der Waals surface area contributed by atoms with Gasteiger partial charge < -0.3 is 18.5 Å². The summed E-state index contributed by atoms with van der Waals surface area (Å²) in [5.74, 6) is 0. The van der Waals surface area contributed by atoms with Gasteiger partial charge in [-0.3, -0.25) is 14.3 Å². The van der Waals surface area contributed by atoms with Crippen LogP contribution in [0.1, 0.15) is 55.5 Å². The highest BCUT2D eigenvalue weighted by atomic mass is 31.2. The van der Waals surface area contributed by atoms with Crippen LogP contribution < -0.4 is 11.2 Å². The predicted octanol–water partition coefficient (Wildman–Crippen LogP) is 2.27. The van der Waals surface area contributed by atoms with Crippen molar-refractivity contribution in [2.24, 2.45) is 0 Å². The van der Waals surface area contributed by atoms with Crippen molar-refractivity contribution >= 4 is 8.53 Å². The summed E-state index contributed by atoms with van der Waals surface area (Å²) < 4.78 is 36.5. The SMILES string of the molecule is [2H]C[C@]12CO[C@H]([C@H](n3ccc(=O)[nH]c3=O)O1)[C@@]2(C)OP(OCCC#N)N(C(C)C)C(C)C. The summed E-state index contributed by atoms with van der Waals surface area (Å²) in [5.41, 5.74) is -3.37. The number of nitriles is 1. The lowest BCUT2D eigenvalue weighted by Gasteiger charge is -2.42. The van der Waals surface area contributed by atoms with Crippen LogP contribution in [-0.2, 0) is 18.5 Å². The molecule has 2 aliphatic heterocycles. The van der Waals surface area contributed by atoms with Crippen molar-refractivity contribution in [3.05, 3.63) is 33.1 Å². The average Bonchev–Trinajstić information content (AvgIpc) is 3.12. The highest BCUT2D eigenvalue weighted by Gasteiger charge is 2.69. The topological polar surface area (TPSA) is 119 Å². The lowest BCUT2D eigenvalue weighted by molar-refractivity contribution is -0.169. The molecule has 1 aromatic rings. The van der Waals surface area contributed by atoms with Crippen molar-refractivity contribution in [3.63, 3.8) is 0 Å². The van der Waals surface area contributed by atoms with E-state index in [0.717, 1.165) is 0 Å². The van der Waals surface area contributed by atoms with E-state index in [1.165, 1.54) is 16.8 Å². The Balaban J connectivity index is 1.98. The molecule has 2 aliphatic rings. The molecule has 0 aliphatic carbocycles. The maximum absolute atomic E-state index is 12.4. The summed E-state index contributed by atoms with van der Waals surface area (Å²) in [6.07, 6.45) is 0.000685. The molecule has 1 unspecified atom stereocenters. The molecule has 3 rings (SSSR count). The summed E-state index contributed by atoms with van der Waals surface area (Å²) in [6.45, 7) is 10.1. The smallest absolute Gasteiger partial charge is 0.330 e. The van der Waals surface area contributed by atoms with E-state index >= 15 is 0 Å². The molecule has 3 heterocycles. The third kappa shape index (κ3) is 4.36. The Hall–Kier alpha value is -1.60. The molecule has 31 heavy (non-hydrogen) atoms. The van der Waals surface area contributed by atoms with Crippen LogP contribution in [0.4, 0.5) is 0 Å². The van der Waals surface area contributed by atoms with E-state index < -0.39 is 43.3 Å². The number of hydrogen-bond donors (Lipinski definition) is 1. The fraction of sp³-hybridized carbons (Fsp3) is 0.750. The molecule has 0 saturated carbocycles. The molecule has 2 saturated heterocycles. The molecule has 2 fully saturated rings. The van der Waals surface area contributed by atoms with Crippen molar-refractivity contribution in [3.8, 4) is 6.07 Å². The van der Waals surface area contributed by atoms with Gasteiger partial charge in [-0.05, 0) is 41.5 Å². The number of fused-ring (bicyclic) bond motifs is 2. The first-order valence-electron chi connectivity index (χ1n) is 11.0. The van der Waals surface area contributed by atoms with Gasteiger partial charge in [-0.2, -0.15) is 5.26 Å². The minimum absolute atomic E-state index is 0.0947. The van der Waals surface area contributed by atoms with Gasteiger partial charge in [0.1, 0.15) is 17.3 Å². The summed E-state index contributed by atoms with van der Waals surface area (Å²) in [4.78, 5) is 26.1. The predicted molar refractivity (Wildman–Crippen MR) is 114 cm³/mol. The number of ether oxygens (including phenoxy) is 2. The second kappa shape index (κ2) is 9.10. The van der Waals surface area contributed by atoms with E-state index in [1.807, 2.05) is 34.6 Å². The Morgan fingerprint density at radius 1 is 1.45 bits per heavy atom. The molecule has 172 valence electrons. The van der Waals surface area contributed by atoms with Gasteiger partial charge in [0, 0.05) is 25.7 Å². The zero-order valence-corrected chi connectivity index (χ0v) is 19.4. The largest absolute Gasteiger partial charge is 0.367 e. The molecular weight excluding hydrogens is 423 g/mol. The Labute approximate surface area is 184 Å². The molecule has 5 atom stereocenters. The Morgan fingerprint density at radius 2 is 2.16 bits per heavy atom. The van der Waals surface area contributed by atoms with Crippen LogP contribution in [-0.4, -0.2) is 56.8 Å². The third-order valence-corrected chi connectivity index (χ3v) is 7.84. The molecule has 11 heteroatoms. The highest BCUT2D eigenvalue weighted by molar-refractivity contribution is 7.44. The van der Waals surface area contributed by atoms with E-state index in [1.54, 1.807) is 0 Å². The van der Waals surface area contributed by atoms with Crippen molar-refractivity contribution in [1.82, 2.24) is 14.2 Å². The van der Waals surface area contributed by atoms with Gasteiger partial charge in [-0.1, -0.05) is 0 Å². The number of aromatic amines is 1. The number of hydrogen-bond acceptors (Lipinski definition) is 8. The molecule has 2 bridgehead atoms. The van der Waals surface area contributed by atoms with Gasteiger partial charge in [-0.15, -0.1) is 0 Å². The minimum atomic E-state index is -1.63. The lowest BCUT2D eigenvalue weighted by atomic mass is 9.87. The average molecular weight is 455 g/mol. The van der Waals surface area contributed by atoms with E-state index in [-0.39, 0.29) is 38.6 Å². The van der Waals surface area contributed by atoms with Crippen molar-refractivity contribution in [2.45, 2.75) is 83.6 Å². The Morgan fingerprint density at radius 3 is 2.74 bits per heavy atom. The summed E-state index contributed by atoms with van der Waals surface area (Å²) in [7, 11) is -1.63. The highest BCUT2D eigenvalue weighted by Crippen LogP contribution is 2.60. The standard InChI is InChI=1S/C20H31N4O6P/c1-13(2)24(14(3)4)31(28-11-7-9-21)30-20(6)16-17(29-19(20,5)12-27-16)23-10-8-15(25)22-18(23)26/h8,10,13-14,16-17H,7,11-12H2,1-6H3,(H,22,25,26)/t16-,17-,19-,20-,31?/m1/s1/i5D. The third-order valence-electron chi connectivity index (χ3n) is 5.60. The Bertz CT molecular complexity index is 956. The van der Waals surface area contributed by atoms with Crippen molar-refractivity contribution in [2.75, 3.05) is 13.2 Å². The first-order chi connectivity index (χ1) is 15.1. The van der Waals surface area contributed by atoms with Crippen LogP contribution in [0.15, 0.2) is 21.9 Å². The first kappa shape index (κ1) is 22.6. The normalized spacial score (nSPS) is 31.4. The quantitative estimate of drug-likeness (QED) is 0.445. The number of nitrogens with one attached hydrogen (secondary N) is 1. The molecular formula is C20H31N4O6P. The van der Waals surface area contributed by atoms with Crippen molar-refractivity contribution < 1.29 is 19.9 Å². The zero-order valence-electron chi connectivity index (χ0n) is 19.5. The van der Waals surface area contributed by atoms with Crippen LogP contribution >= 0.6 is 8.53 Å². The molecule has 1 N–H and O–H groups in total. The van der Waals surface area contributed by atoms with Gasteiger partial charge in [0.25, 0.3) is 14.1 Å². The Kier molecular flexibility index (Phi) is 6.63. The molecule has 10 nitrogen and oxygen atoms in total. The van der Waals surface area contributed by atoms with E-state index in [0.29, 0.717) is 0 Å². The maximum atomic E-state index is 12.4. The number of aromatic nitrogens is 2. The second-order valence-corrected chi connectivity index (χ2v) is 9.88. The van der Waals surface area contributed by atoms with E-state index in [4.69, 9.17) is 25.2 Å². The fourth-order valence-electron chi connectivity index (χ4n) is 3.99. The summed E-state index contributed by atoms with van der Waals surface area (Å²) >= 11 is 0. The number of nitrogens with zero attached hydrogens (tertiary/aromatic N) is 3. The molecule has 0 radical (unpaired) electrons. The first-order valence-corrected chi connectivity index (χ1v) is 11.4. The molecule has 1 aromatic heterocycles.